The molecule has 3 nitrogen and oxygen atoms in total. The van der Waals surface area contributed by atoms with Crippen LogP contribution in [0, 0.1) is 0 Å². The second-order valence-corrected chi connectivity index (χ2v) is 5.49. The summed E-state index contributed by atoms with van der Waals surface area (Å²) in [5.74, 6) is 1.10. The molecule has 0 saturated heterocycles. The zero-order valence-corrected chi connectivity index (χ0v) is 12.6. The van der Waals surface area contributed by atoms with Crippen molar-refractivity contribution in [2.45, 2.75) is 39.2 Å². The van der Waals surface area contributed by atoms with Crippen molar-refractivity contribution in [2.24, 2.45) is 5.73 Å². The van der Waals surface area contributed by atoms with Gasteiger partial charge in [-0.05, 0) is 37.9 Å². The highest BCUT2D eigenvalue weighted by Gasteiger charge is 2.12. The number of fused-ring (bicyclic) bond motifs is 1. The standard InChI is InChI=1S/C14H19Cl2N3/c1-2-5-14-18-12-8-10(15)11(16)9-13(12)19(14)7-4-3-6-17/h8-9H,2-7,17H2,1H3. The molecule has 0 fully saturated rings. The zero-order valence-electron chi connectivity index (χ0n) is 11.1. The first-order valence-electron chi connectivity index (χ1n) is 6.71. The van der Waals surface area contributed by atoms with Gasteiger partial charge in [0.2, 0.25) is 0 Å². The van der Waals surface area contributed by atoms with Gasteiger partial charge in [-0.3, -0.25) is 0 Å². The normalized spacial score (nSPS) is 11.4. The van der Waals surface area contributed by atoms with E-state index in [1.807, 2.05) is 12.1 Å². The van der Waals surface area contributed by atoms with Gasteiger partial charge >= 0.3 is 0 Å². The smallest absolute Gasteiger partial charge is 0.109 e. The Labute approximate surface area is 123 Å². The Kier molecular flexibility index (Phi) is 5.08. The van der Waals surface area contributed by atoms with Gasteiger partial charge in [-0.2, -0.15) is 0 Å². The quantitative estimate of drug-likeness (QED) is 0.818. The average Bonchev–Trinajstić information content (AvgIpc) is 2.69. The summed E-state index contributed by atoms with van der Waals surface area (Å²) in [5.41, 5.74) is 7.54. The molecule has 0 atom stereocenters. The van der Waals surface area contributed by atoms with Gasteiger partial charge in [0.25, 0.3) is 0 Å². The van der Waals surface area contributed by atoms with E-state index in [0.29, 0.717) is 10.0 Å². The monoisotopic (exact) mass is 299 g/mol. The minimum Gasteiger partial charge on any atom is -0.330 e. The molecule has 0 radical (unpaired) electrons. The molecule has 0 aliphatic carbocycles. The lowest BCUT2D eigenvalue weighted by molar-refractivity contribution is 0.598. The van der Waals surface area contributed by atoms with Crippen molar-refractivity contribution in [1.29, 1.82) is 0 Å². The molecule has 0 amide bonds. The second-order valence-electron chi connectivity index (χ2n) is 4.68. The van der Waals surface area contributed by atoms with Crippen molar-refractivity contribution < 1.29 is 0 Å². The maximum atomic E-state index is 6.11. The molecular weight excluding hydrogens is 281 g/mol. The lowest BCUT2D eigenvalue weighted by atomic mass is 10.2. The third kappa shape index (κ3) is 3.22. The van der Waals surface area contributed by atoms with Crippen LogP contribution in [0.4, 0.5) is 0 Å². The first-order chi connectivity index (χ1) is 9.17. The third-order valence-electron chi connectivity index (χ3n) is 3.18. The number of hydrogen-bond acceptors (Lipinski definition) is 2. The number of nitrogens with zero attached hydrogens (tertiary/aromatic N) is 2. The summed E-state index contributed by atoms with van der Waals surface area (Å²) in [7, 11) is 0. The summed E-state index contributed by atoms with van der Waals surface area (Å²) < 4.78 is 2.25. The van der Waals surface area contributed by atoms with Crippen LogP contribution in [0.3, 0.4) is 0 Å². The number of aromatic nitrogens is 2. The number of hydrogen-bond donors (Lipinski definition) is 1. The largest absolute Gasteiger partial charge is 0.330 e. The minimum absolute atomic E-state index is 0.559. The molecule has 1 aromatic carbocycles. The lowest BCUT2D eigenvalue weighted by Gasteiger charge is -2.08. The molecule has 5 heteroatoms. The van der Waals surface area contributed by atoms with Gasteiger partial charge in [0.1, 0.15) is 5.82 Å². The van der Waals surface area contributed by atoms with Crippen LogP contribution in [-0.4, -0.2) is 16.1 Å². The fourth-order valence-corrected chi connectivity index (χ4v) is 2.56. The number of halogens is 2. The van der Waals surface area contributed by atoms with Crippen molar-refractivity contribution in [3.8, 4) is 0 Å². The molecule has 2 aromatic rings. The molecule has 0 aliphatic rings. The van der Waals surface area contributed by atoms with E-state index in [2.05, 4.69) is 16.5 Å². The summed E-state index contributed by atoms with van der Waals surface area (Å²) in [6.07, 6.45) is 4.11. The van der Waals surface area contributed by atoms with Crippen molar-refractivity contribution in [1.82, 2.24) is 9.55 Å². The SMILES string of the molecule is CCCc1nc2cc(Cl)c(Cl)cc2n1CCCCN. The Morgan fingerprint density at radius 2 is 1.95 bits per heavy atom. The second kappa shape index (κ2) is 6.60. The Balaban J connectivity index is 2.43. The van der Waals surface area contributed by atoms with Crippen molar-refractivity contribution in [2.75, 3.05) is 6.54 Å². The van der Waals surface area contributed by atoms with Crippen LogP contribution in [0.1, 0.15) is 32.0 Å². The van der Waals surface area contributed by atoms with Crippen LogP contribution in [0.2, 0.25) is 10.0 Å². The van der Waals surface area contributed by atoms with Crippen LogP contribution in [0.15, 0.2) is 12.1 Å². The van der Waals surface area contributed by atoms with E-state index < -0.39 is 0 Å². The molecule has 19 heavy (non-hydrogen) atoms. The van der Waals surface area contributed by atoms with Gasteiger partial charge < -0.3 is 10.3 Å². The Morgan fingerprint density at radius 1 is 1.21 bits per heavy atom. The van der Waals surface area contributed by atoms with E-state index in [-0.39, 0.29) is 0 Å². The number of nitrogens with two attached hydrogens (primary N) is 1. The molecular formula is C14H19Cl2N3. The van der Waals surface area contributed by atoms with Crippen LogP contribution >= 0.6 is 23.2 Å². The van der Waals surface area contributed by atoms with Crippen LogP contribution < -0.4 is 5.73 Å². The molecule has 2 rings (SSSR count). The first kappa shape index (κ1) is 14.6. The topological polar surface area (TPSA) is 43.8 Å². The van der Waals surface area contributed by atoms with Gasteiger partial charge in [-0.15, -0.1) is 0 Å². The van der Waals surface area contributed by atoms with E-state index in [9.17, 15) is 0 Å². The predicted molar refractivity (Wildman–Crippen MR) is 82.0 cm³/mol. The first-order valence-corrected chi connectivity index (χ1v) is 7.47. The number of imidazole rings is 1. The van der Waals surface area contributed by atoms with Crippen LogP contribution in [0.25, 0.3) is 11.0 Å². The van der Waals surface area contributed by atoms with Gasteiger partial charge in [-0.1, -0.05) is 30.1 Å². The van der Waals surface area contributed by atoms with Gasteiger partial charge in [0.05, 0.1) is 21.1 Å². The van der Waals surface area contributed by atoms with E-state index in [0.717, 1.165) is 55.6 Å². The van der Waals surface area contributed by atoms with E-state index >= 15 is 0 Å². The summed E-state index contributed by atoms with van der Waals surface area (Å²) in [5, 5.41) is 1.14. The highest BCUT2D eigenvalue weighted by Crippen LogP contribution is 2.28. The van der Waals surface area contributed by atoms with Crippen molar-refractivity contribution in [3.05, 3.63) is 28.0 Å². The van der Waals surface area contributed by atoms with Crippen LogP contribution in [0.5, 0.6) is 0 Å². The molecule has 0 spiro atoms. The summed E-state index contributed by atoms with van der Waals surface area (Å²) in [6, 6.07) is 3.76. The molecule has 2 N–H and O–H groups in total. The minimum atomic E-state index is 0.559. The maximum absolute atomic E-state index is 6.11. The number of unbranched alkanes of at least 4 members (excludes halogenated alkanes) is 1. The third-order valence-corrected chi connectivity index (χ3v) is 3.90. The summed E-state index contributed by atoms with van der Waals surface area (Å²) >= 11 is 12.2. The number of rotatable bonds is 6. The van der Waals surface area contributed by atoms with E-state index in [1.54, 1.807) is 0 Å². The molecule has 104 valence electrons. The number of aryl methyl sites for hydroxylation is 2. The van der Waals surface area contributed by atoms with Crippen LogP contribution in [-0.2, 0) is 13.0 Å². The highest BCUT2D eigenvalue weighted by molar-refractivity contribution is 6.42. The molecule has 1 aromatic heterocycles. The zero-order chi connectivity index (χ0) is 13.8. The fourth-order valence-electron chi connectivity index (χ4n) is 2.25. The highest BCUT2D eigenvalue weighted by atomic mass is 35.5. The fraction of sp³-hybridized carbons (Fsp3) is 0.500. The Hall–Kier alpha value is -0.770. The predicted octanol–water partition coefficient (Wildman–Crippen LogP) is 4.03. The van der Waals surface area contributed by atoms with Gasteiger partial charge in [-0.25, -0.2) is 4.98 Å². The molecule has 0 saturated carbocycles. The van der Waals surface area contributed by atoms with E-state index in [1.165, 1.54) is 0 Å². The van der Waals surface area contributed by atoms with E-state index in [4.69, 9.17) is 28.9 Å². The van der Waals surface area contributed by atoms with Crippen molar-refractivity contribution >= 4 is 34.2 Å². The Bertz CT molecular complexity index is 563. The summed E-state index contributed by atoms with van der Waals surface area (Å²) in [6.45, 7) is 3.81. The average molecular weight is 300 g/mol. The lowest BCUT2D eigenvalue weighted by Crippen LogP contribution is -2.06. The van der Waals surface area contributed by atoms with Crippen molar-refractivity contribution in [3.63, 3.8) is 0 Å². The Morgan fingerprint density at radius 3 is 2.63 bits per heavy atom. The number of benzene rings is 1. The molecule has 0 unspecified atom stereocenters. The maximum Gasteiger partial charge on any atom is 0.109 e. The molecule has 0 bridgehead atoms. The molecule has 1 heterocycles. The molecule has 0 aliphatic heterocycles. The van der Waals surface area contributed by atoms with Gasteiger partial charge in [0, 0.05) is 13.0 Å². The summed E-state index contributed by atoms with van der Waals surface area (Å²) in [4.78, 5) is 4.67. The van der Waals surface area contributed by atoms with Gasteiger partial charge in [0.15, 0.2) is 0 Å².